The number of anilines is 3. The van der Waals surface area contributed by atoms with Gasteiger partial charge in [0.2, 0.25) is 5.88 Å². The molecule has 5 rings (SSSR count). The van der Waals surface area contributed by atoms with Gasteiger partial charge in [-0.15, -0.1) is 0 Å². The number of hydrogen-bond donors (Lipinski definition) is 0. The Bertz CT molecular complexity index is 921. The van der Waals surface area contributed by atoms with Crippen molar-refractivity contribution in [2.45, 2.75) is 39.0 Å². The van der Waals surface area contributed by atoms with Crippen molar-refractivity contribution >= 4 is 17.3 Å². The molecule has 120 valence electrons. The van der Waals surface area contributed by atoms with E-state index in [4.69, 9.17) is 4.42 Å². The van der Waals surface area contributed by atoms with Gasteiger partial charge in [0.15, 0.2) is 0 Å². The molecule has 2 aromatic carbocycles. The van der Waals surface area contributed by atoms with E-state index < -0.39 is 0 Å². The number of nitrogens with zero attached hydrogens (tertiary/aromatic N) is 1. The lowest BCUT2D eigenvalue weighted by Gasteiger charge is -2.33. The third-order valence-electron chi connectivity index (χ3n) is 5.34. The van der Waals surface area contributed by atoms with E-state index in [1.807, 2.05) is 6.92 Å². The Balaban J connectivity index is 1.77. The molecule has 24 heavy (non-hydrogen) atoms. The standard InChI is InChI=1S/C22H21NO/c1-15-13-18-14-17-8-3-5-11-20(17)23(22(18)24-15)21-12-6-9-16-7-2-4-10-19(16)21/h3,5-6,8-9,11-13H,2,4,7,10,14H2,1H3. The Hall–Kier alpha value is -2.48. The number of fused-ring (bicyclic) bond motifs is 3. The maximum absolute atomic E-state index is 6.15. The first-order chi connectivity index (χ1) is 11.8. The van der Waals surface area contributed by atoms with Crippen molar-refractivity contribution in [2.24, 2.45) is 0 Å². The number of hydrogen-bond acceptors (Lipinski definition) is 2. The van der Waals surface area contributed by atoms with Crippen LogP contribution in [0.15, 0.2) is 52.9 Å². The van der Waals surface area contributed by atoms with Crippen LogP contribution in [0.1, 0.15) is 40.9 Å². The highest BCUT2D eigenvalue weighted by molar-refractivity contribution is 5.82. The minimum Gasteiger partial charge on any atom is -0.445 e. The molecule has 0 unspecified atom stereocenters. The van der Waals surface area contributed by atoms with Crippen LogP contribution in [0.3, 0.4) is 0 Å². The van der Waals surface area contributed by atoms with Crippen molar-refractivity contribution < 1.29 is 4.42 Å². The second kappa shape index (κ2) is 5.27. The molecule has 2 heteroatoms. The van der Waals surface area contributed by atoms with Crippen LogP contribution in [0.5, 0.6) is 0 Å². The molecule has 0 bridgehead atoms. The zero-order valence-corrected chi connectivity index (χ0v) is 14.0. The lowest BCUT2D eigenvalue weighted by atomic mass is 9.89. The highest BCUT2D eigenvalue weighted by atomic mass is 16.4. The molecule has 0 saturated heterocycles. The molecule has 1 aromatic heterocycles. The number of para-hydroxylation sites is 1. The van der Waals surface area contributed by atoms with Crippen molar-refractivity contribution in [1.29, 1.82) is 0 Å². The summed E-state index contributed by atoms with van der Waals surface area (Å²) < 4.78 is 6.15. The summed E-state index contributed by atoms with van der Waals surface area (Å²) in [6.45, 7) is 2.04. The predicted octanol–water partition coefficient (Wildman–Crippen LogP) is 5.84. The molecular weight excluding hydrogens is 294 g/mol. The normalized spacial score (nSPS) is 15.6. The molecule has 1 aliphatic heterocycles. The first kappa shape index (κ1) is 13.9. The summed E-state index contributed by atoms with van der Waals surface area (Å²) >= 11 is 0. The highest BCUT2D eigenvalue weighted by Crippen LogP contribution is 2.47. The second-order valence-electron chi connectivity index (χ2n) is 6.95. The SMILES string of the molecule is Cc1cc2c(o1)N(c1cccc3c1CCCC3)c1ccccc1C2. The van der Waals surface area contributed by atoms with Crippen LogP contribution in [0.25, 0.3) is 0 Å². The zero-order valence-electron chi connectivity index (χ0n) is 14.0. The fraction of sp³-hybridized carbons (Fsp3) is 0.273. The predicted molar refractivity (Wildman–Crippen MR) is 97.6 cm³/mol. The van der Waals surface area contributed by atoms with Crippen molar-refractivity contribution in [3.8, 4) is 0 Å². The molecule has 0 radical (unpaired) electrons. The van der Waals surface area contributed by atoms with Gasteiger partial charge in [0.25, 0.3) is 0 Å². The molecular formula is C22H21NO. The molecule has 2 nitrogen and oxygen atoms in total. The summed E-state index contributed by atoms with van der Waals surface area (Å²) in [5.74, 6) is 1.99. The summed E-state index contributed by atoms with van der Waals surface area (Å²) in [6.07, 6.45) is 5.90. The van der Waals surface area contributed by atoms with Crippen LogP contribution in [-0.2, 0) is 19.3 Å². The minimum absolute atomic E-state index is 0.953. The molecule has 0 N–H and O–H groups in total. The van der Waals surface area contributed by atoms with Crippen LogP contribution in [0.2, 0.25) is 0 Å². The fourth-order valence-electron chi connectivity index (χ4n) is 4.27. The third kappa shape index (κ3) is 2.02. The summed E-state index contributed by atoms with van der Waals surface area (Å²) in [7, 11) is 0. The summed E-state index contributed by atoms with van der Waals surface area (Å²) in [4.78, 5) is 2.35. The summed E-state index contributed by atoms with van der Waals surface area (Å²) in [5.41, 5.74) is 8.24. The maximum atomic E-state index is 6.15. The van der Waals surface area contributed by atoms with E-state index in [0.29, 0.717) is 0 Å². The van der Waals surface area contributed by atoms with Crippen LogP contribution in [0, 0.1) is 6.92 Å². The summed E-state index contributed by atoms with van der Waals surface area (Å²) in [6, 6.07) is 17.7. The van der Waals surface area contributed by atoms with Gasteiger partial charge in [-0.2, -0.15) is 0 Å². The van der Waals surface area contributed by atoms with Crippen molar-refractivity contribution in [3.05, 3.63) is 76.5 Å². The maximum Gasteiger partial charge on any atom is 0.208 e. The Morgan fingerprint density at radius 3 is 2.58 bits per heavy atom. The van der Waals surface area contributed by atoms with Gasteiger partial charge in [0.05, 0.1) is 11.4 Å². The van der Waals surface area contributed by atoms with E-state index in [2.05, 4.69) is 53.4 Å². The second-order valence-corrected chi connectivity index (χ2v) is 6.95. The molecule has 1 aliphatic carbocycles. The van der Waals surface area contributed by atoms with E-state index in [1.165, 1.54) is 59.3 Å². The Labute approximate surface area is 142 Å². The Morgan fingerprint density at radius 2 is 1.62 bits per heavy atom. The third-order valence-corrected chi connectivity index (χ3v) is 5.34. The number of rotatable bonds is 1. The average molecular weight is 315 g/mol. The number of benzene rings is 2. The number of furan rings is 1. The molecule has 3 aromatic rings. The molecule has 0 fully saturated rings. The van der Waals surface area contributed by atoms with Crippen LogP contribution in [-0.4, -0.2) is 0 Å². The molecule has 0 saturated carbocycles. The van der Waals surface area contributed by atoms with Gasteiger partial charge in [0, 0.05) is 12.0 Å². The lowest BCUT2D eigenvalue weighted by Crippen LogP contribution is -2.20. The first-order valence-electron chi connectivity index (χ1n) is 8.89. The van der Waals surface area contributed by atoms with Gasteiger partial charge in [0.1, 0.15) is 5.76 Å². The Morgan fingerprint density at radius 1 is 0.833 bits per heavy atom. The van der Waals surface area contributed by atoms with Crippen LogP contribution >= 0.6 is 0 Å². The molecule has 2 heterocycles. The quantitative estimate of drug-likeness (QED) is 0.438. The number of aryl methyl sites for hydroxylation is 2. The molecule has 0 atom stereocenters. The smallest absolute Gasteiger partial charge is 0.208 e. The van der Waals surface area contributed by atoms with Gasteiger partial charge < -0.3 is 4.42 Å². The highest BCUT2D eigenvalue weighted by Gasteiger charge is 2.29. The van der Waals surface area contributed by atoms with E-state index in [1.54, 1.807) is 0 Å². The van der Waals surface area contributed by atoms with Crippen LogP contribution < -0.4 is 4.90 Å². The van der Waals surface area contributed by atoms with Gasteiger partial charge in [-0.3, -0.25) is 4.90 Å². The van der Waals surface area contributed by atoms with Gasteiger partial charge in [-0.1, -0.05) is 30.3 Å². The van der Waals surface area contributed by atoms with Gasteiger partial charge in [-0.25, -0.2) is 0 Å². The Kier molecular flexibility index (Phi) is 3.05. The van der Waals surface area contributed by atoms with E-state index in [9.17, 15) is 0 Å². The summed E-state index contributed by atoms with van der Waals surface area (Å²) in [5, 5.41) is 0. The van der Waals surface area contributed by atoms with Crippen LogP contribution in [0.4, 0.5) is 17.3 Å². The average Bonchev–Trinajstić information content (AvgIpc) is 2.99. The molecule has 2 aliphatic rings. The zero-order chi connectivity index (χ0) is 16.1. The van der Waals surface area contributed by atoms with Crippen molar-refractivity contribution in [2.75, 3.05) is 4.90 Å². The van der Waals surface area contributed by atoms with E-state index in [0.717, 1.165) is 18.1 Å². The largest absolute Gasteiger partial charge is 0.445 e. The molecule has 0 spiro atoms. The van der Waals surface area contributed by atoms with E-state index >= 15 is 0 Å². The molecule has 0 amide bonds. The fourth-order valence-corrected chi connectivity index (χ4v) is 4.27. The lowest BCUT2D eigenvalue weighted by molar-refractivity contribution is 0.537. The van der Waals surface area contributed by atoms with Gasteiger partial charge >= 0.3 is 0 Å². The first-order valence-corrected chi connectivity index (χ1v) is 8.89. The van der Waals surface area contributed by atoms with Gasteiger partial charge in [-0.05, 0) is 67.5 Å². The van der Waals surface area contributed by atoms with Crippen molar-refractivity contribution in [3.63, 3.8) is 0 Å². The van der Waals surface area contributed by atoms with Crippen molar-refractivity contribution in [1.82, 2.24) is 0 Å². The topological polar surface area (TPSA) is 16.4 Å². The monoisotopic (exact) mass is 315 g/mol. The van der Waals surface area contributed by atoms with E-state index in [-0.39, 0.29) is 0 Å². The minimum atomic E-state index is 0.953.